The molecule has 6 nitrogen and oxygen atoms in total. The van der Waals surface area contributed by atoms with Gasteiger partial charge in [-0.2, -0.15) is 11.8 Å². The van der Waals surface area contributed by atoms with E-state index < -0.39 is 5.60 Å². The fraction of sp³-hybridized carbons (Fsp3) is 0.895. The number of hydrogen-bond donors (Lipinski definition) is 2. The number of thioether (sulfide) groups is 1. The number of guanidine groups is 1. The van der Waals surface area contributed by atoms with E-state index in [9.17, 15) is 4.79 Å². The van der Waals surface area contributed by atoms with Gasteiger partial charge in [0.1, 0.15) is 5.60 Å². The number of hydrogen-bond acceptors (Lipinski definition) is 4. The SMILES string of the molecule is CCNC(=NCC(C)(C)SC)NCC1CCN(C(=O)OC(C)(C)C)CC1.I. The van der Waals surface area contributed by atoms with Gasteiger partial charge in [0.25, 0.3) is 0 Å². The third-order valence-corrected chi connectivity index (χ3v) is 5.57. The molecule has 0 atom stereocenters. The summed E-state index contributed by atoms with van der Waals surface area (Å²) in [7, 11) is 0. The highest BCUT2D eigenvalue weighted by Crippen LogP contribution is 2.21. The van der Waals surface area contributed by atoms with E-state index in [4.69, 9.17) is 9.73 Å². The third-order valence-electron chi connectivity index (χ3n) is 4.34. The van der Waals surface area contributed by atoms with Gasteiger partial charge in [-0.05, 0) is 66.6 Å². The molecule has 1 amide bonds. The van der Waals surface area contributed by atoms with Crippen molar-refractivity contribution in [2.24, 2.45) is 10.9 Å². The van der Waals surface area contributed by atoms with E-state index >= 15 is 0 Å². The maximum absolute atomic E-state index is 12.1. The summed E-state index contributed by atoms with van der Waals surface area (Å²) in [5, 5.41) is 6.78. The molecule has 0 unspecified atom stereocenters. The Bertz CT molecular complexity index is 473. The Labute approximate surface area is 187 Å². The van der Waals surface area contributed by atoms with Crippen molar-refractivity contribution >= 4 is 47.8 Å². The minimum atomic E-state index is -0.433. The lowest BCUT2D eigenvalue weighted by Crippen LogP contribution is -2.45. The van der Waals surface area contributed by atoms with Crippen LogP contribution in [0.3, 0.4) is 0 Å². The Morgan fingerprint density at radius 1 is 1.19 bits per heavy atom. The number of nitrogens with one attached hydrogen (secondary N) is 2. The van der Waals surface area contributed by atoms with Gasteiger partial charge in [0.15, 0.2) is 5.96 Å². The first-order valence-electron chi connectivity index (χ1n) is 9.61. The Morgan fingerprint density at radius 3 is 2.26 bits per heavy atom. The Morgan fingerprint density at radius 2 is 1.78 bits per heavy atom. The molecule has 1 aliphatic rings. The van der Waals surface area contributed by atoms with E-state index in [0.717, 1.165) is 51.5 Å². The predicted molar refractivity (Wildman–Crippen MR) is 128 cm³/mol. The maximum atomic E-state index is 12.1. The summed E-state index contributed by atoms with van der Waals surface area (Å²) in [6.45, 7) is 16.2. The monoisotopic (exact) mass is 514 g/mol. The lowest BCUT2D eigenvalue weighted by atomic mass is 9.97. The minimum Gasteiger partial charge on any atom is -0.444 e. The number of carbonyl (C=O) groups excluding carboxylic acids is 1. The van der Waals surface area contributed by atoms with Crippen LogP contribution in [0.25, 0.3) is 0 Å². The number of likely N-dealkylation sites (tertiary alicyclic amines) is 1. The van der Waals surface area contributed by atoms with Gasteiger partial charge in [0, 0.05) is 30.9 Å². The molecule has 1 heterocycles. The number of carbonyl (C=O) groups is 1. The zero-order valence-corrected chi connectivity index (χ0v) is 21.2. The number of aliphatic imine (C=N–C) groups is 1. The summed E-state index contributed by atoms with van der Waals surface area (Å²) >= 11 is 1.83. The number of halogens is 1. The fourth-order valence-corrected chi connectivity index (χ4v) is 2.76. The lowest BCUT2D eigenvalue weighted by Gasteiger charge is -2.33. The molecule has 1 saturated heterocycles. The summed E-state index contributed by atoms with van der Waals surface area (Å²) < 4.78 is 5.60. The van der Waals surface area contributed by atoms with Gasteiger partial charge in [0.05, 0.1) is 6.54 Å². The van der Waals surface area contributed by atoms with Gasteiger partial charge in [-0.25, -0.2) is 4.79 Å². The van der Waals surface area contributed by atoms with Crippen molar-refractivity contribution in [3.05, 3.63) is 0 Å². The Balaban J connectivity index is 0.00000676. The average molecular weight is 515 g/mol. The largest absolute Gasteiger partial charge is 0.444 e. The van der Waals surface area contributed by atoms with Gasteiger partial charge >= 0.3 is 6.09 Å². The molecule has 0 bridgehead atoms. The standard InChI is InChI=1S/C19H38N4O2S.HI/c1-8-20-16(22-14-19(5,6)26-7)21-13-15-9-11-23(12-10-15)17(24)25-18(2,3)4;/h15H,8-14H2,1-7H3,(H2,20,21,22);1H. The summed E-state index contributed by atoms with van der Waals surface area (Å²) in [5.74, 6) is 1.43. The topological polar surface area (TPSA) is 66.0 Å². The number of ether oxygens (including phenoxy) is 1. The zero-order valence-electron chi connectivity index (χ0n) is 18.1. The van der Waals surface area contributed by atoms with Crippen LogP contribution in [-0.2, 0) is 4.74 Å². The zero-order chi connectivity index (χ0) is 19.8. The molecule has 0 spiro atoms. The lowest BCUT2D eigenvalue weighted by molar-refractivity contribution is 0.0185. The molecule has 0 radical (unpaired) electrons. The molecule has 0 aromatic rings. The molecule has 2 N–H and O–H groups in total. The molecule has 1 aliphatic heterocycles. The first kappa shape index (κ1) is 26.6. The number of rotatable bonds is 6. The van der Waals surface area contributed by atoms with Crippen LogP contribution < -0.4 is 10.6 Å². The highest BCUT2D eigenvalue weighted by Gasteiger charge is 2.26. The van der Waals surface area contributed by atoms with Crippen LogP contribution in [0, 0.1) is 5.92 Å². The smallest absolute Gasteiger partial charge is 0.410 e. The third kappa shape index (κ3) is 11.3. The van der Waals surface area contributed by atoms with Crippen molar-refractivity contribution < 1.29 is 9.53 Å². The van der Waals surface area contributed by atoms with Gasteiger partial charge < -0.3 is 20.3 Å². The van der Waals surface area contributed by atoms with E-state index in [-0.39, 0.29) is 34.8 Å². The molecule has 0 aliphatic carbocycles. The molecule has 8 heteroatoms. The molecule has 1 fully saturated rings. The molecule has 0 aromatic carbocycles. The van der Waals surface area contributed by atoms with Crippen LogP contribution in [0.15, 0.2) is 4.99 Å². The summed E-state index contributed by atoms with van der Waals surface area (Å²) in [5.41, 5.74) is -0.433. The summed E-state index contributed by atoms with van der Waals surface area (Å²) in [6.07, 6.45) is 3.90. The first-order chi connectivity index (χ1) is 12.1. The van der Waals surface area contributed by atoms with Crippen molar-refractivity contribution in [2.75, 3.05) is 39.0 Å². The second-order valence-electron chi connectivity index (χ2n) is 8.45. The van der Waals surface area contributed by atoms with Crippen LogP contribution in [0.4, 0.5) is 4.79 Å². The van der Waals surface area contributed by atoms with Gasteiger partial charge in [-0.1, -0.05) is 0 Å². The fourth-order valence-electron chi connectivity index (χ4n) is 2.56. The Kier molecular flexibility index (Phi) is 12.1. The van der Waals surface area contributed by atoms with E-state index in [1.807, 2.05) is 37.4 Å². The second-order valence-corrected chi connectivity index (χ2v) is 9.96. The van der Waals surface area contributed by atoms with Crippen molar-refractivity contribution in [1.82, 2.24) is 15.5 Å². The van der Waals surface area contributed by atoms with Crippen molar-refractivity contribution in [2.45, 2.75) is 64.7 Å². The molecule has 160 valence electrons. The van der Waals surface area contributed by atoms with Gasteiger partial charge in [-0.15, -0.1) is 24.0 Å². The highest BCUT2D eigenvalue weighted by molar-refractivity contribution is 14.0. The maximum Gasteiger partial charge on any atom is 0.410 e. The molecule has 0 saturated carbocycles. The molecule has 0 aromatic heterocycles. The highest BCUT2D eigenvalue weighted by atomic mass is 127. The van der Waals surface area contributed by atoms with Crippen LogP contribution >= 0.6 is 35.7 Å². The van der Waals surface area contributed by atoms with Crippen molar-refractivity contribution in [3.63, 3.8) is 0 Å². The first-order valence-corrected chi connectivity index (χ1v) is 10.8. The van der Waals surface area contributed by atoms with Crippen LogP contribution in [0.1, 0.15) is 54.4 Å². The van der Waals surface area contributed by atoms with Crippen molar-refractivity contribution in [3.8, 4) is 0 Å². The van der Waals surface area contributed by atoms with Gasteiger partial charge in [0.2, 0.25) is 0 Å². The van der Waals surface area contributed by atoms with E-state index in [0.29, 0.717) is 5.92 Å². The number of piperidine rings is 1. The molecule has 27 heavy (non-hydrogen) atoms. The Hall–Kier alpha value is -0.380. The number of amides is 1. The van der Waals surface area contributed by atoms with Crippen LogP contribution in [0.2, 0.25) is 0 Å². The molecule has 1 rings (SSSR count). The van der Waals surface area contributed by atoms with Crippen LogP contribution in [0.5, 0.6) is 0 Å². The van der Waals surface area contributed by atoms with E-state index in [2.05, 4.69) is 37.7 Å². The van der Waals surface area contributed by atoms with E-state index in [1.165, 1.54) is 0 Å². The van der Waals surface area contributed by atoms with Gasteiger partial charge in [-0.3, -0.25) is 4.99 Å². The molecular formula is C19H39IN4O2S. The van der Waals surface area contributed by atoms with Crippen molar-refractivity contribution in [1.29, 1.82) is 0 Å². The summed E-state index contributed by atoms with van der Waals surface area (Å²) in [6, 6.07) is 0. The normalized spacial score (nSPS) is 16.6. The number of nitrogens with zero attached hydrogens (tertiary/aromatic N) is 2. The second kappa shape index (κ2) is 12.2. The predicted octanol–water partition coefficient (Wildman–Crippen LogP) is 3.95. The quantitative estimate of drug-likeness (QED) is 0.319. The summed E-state index contributed by atoms with van der Waals surface area (Å²) in [4.78, 5) is 18.7. The van der Waals surface area contributed by atoms with Crippen LogP contribution in [-0.4, -0.2) is 66.3 Å². The molecular weight excluding hydrogens is 475 g/mol. The van der Waals surface area contributed by atoms with E-state index in [1.54, 1.807) is 0 Å². The average Bonchev–Trinajstić information content (AvgIpc) is 2.56. The minimum absolute atomic E-state index is 0.